The largest absolute Gasteiger partial charge is 0.481 e. The number of carbonyl (C=O) groups is 2. The van der Waals surface area contributed by atoms with Gasteiger partial charge in [0, 0.05) is 6.07 Å². The molecule has 1 fully saturated rings. The number of carboxylic acid groups (broad SMARTS) is 1. The van der Waals surface area contributed by atoms with Gasteiger partial charge in [-0.2, -0.15) is 0 Å². The highest BCUT2D eigenvalue weighted by atomic mass is 16.5. The third kappa shape index (κ3) is 3.97. The Balaban J connectivity index is 1.89. The van der Waals surface area contributed by atoms with Gasteiger partial charge in [-0.3, -0.25) is 4.79 Å². The summed E-state index contributed by atoms with van der Waals surface area (Å²) < 4.78 is 4.67. The Kier molecular flexibility index (Phi) is 4.60. The molecule has 3 N–H and O–H groups in total. The van der Waals surface area contributed by atoms with Gasteiger partial charge in [0.2, 0.25) is 0 Å². The Bertz CT molecular complexity index is 452. The lowest BCUT2D eigenvalue weighted by Gasteiger charge is -2.36. The van der Waals surface area contributed by atoms with Crippen molar-refractivity contribution in [2.24, 2.45) is 0 Å². The van der Waals surface area contributed by atoms with Crippen molar-refractivity contribution < 1.29 is 19.2 Å². The number of aliphatic carboxylic acids is 1. The van der Waals surface area contributed by atoms with E-state index >= 15 is 0 Å². The Morgan fingerprint density at radius 1 is 1.35 bits per heavy atom. The van der Waals surface area contributed by atoms with Gasteiger partial charge in [0.1, 0.15) is 12.0 Å². The summed E-state index contributed by atoms with van der Waals surface area (Å²) in [5, 5.41) is 18.2. The van der Waals surface area contributed by atoms with Crippen LogP contribution in [0.2, 0.25) is 0 Å². The number of hydrogen-bond donors (Lipinski definition) is 3. The first-order chi connectivity index (χ1) is 9.60. The maximum absolute atomic E-state index is 11.9. The zero-order valence-corrected chi connectivity index (χ0v) is 11.2. The van der Waals surface area contributed by atoms with E-state index in [1.165, 1.54) is 6.26 Å². The Morgan fingerprint density at radius 3 is 2.70 bits per heavy atom. The van der Waals surface area contributed by atoms with Crippen LogP contribution in [-0.2, 0) is 11.3 Å². The first-order valence-corrected chi connectivity index (χ1v) is 6.77. The van der Waals surface area contributed by atoms with Crippen molar-refractivity contribution in [1.29, 1.82) is 0 Å². The van der Waals surface area contributed by atoms with Gasteiger partial charge in [-0.1, -0.05) is 24.4 Å². The summed E-state index contributed by atoms with van der Waals surface area (Å²) in [6.45, 7) is 0.255. The molecule has 2 rings (SSSR count). The Labute approximate surface area is 116 Å². The van der Waals surface area contributed by atoms with Crippen LogP contribution in [0, 0.1) is 0 Å². The molecule has 7 heteroatoms. The van der Waals surface area contributed by atoms with Crippen LogP contribution in [0.15, 0.2) is 16.9 Å². The van der Waals surface area contributed by atoms with Crippen LogP contribution in [0.5, 0.6) is 0 Å². The minimum atomic E-state index is -0.885. The lowest BCUT2D eigenvalue weighted by atomic mass is 9.79. The standard InChI is InChI=1S/C13H19N3O4/c17-11(18)8-13(5-2-1-3-6-13)15-12(19)14-9-10-4-7-20-16-10/h4,7H,1-3,5-6,8-9H2,(H,17,18)(H2,14,15,19). The molecule has 0 radical (unpaired) electrons. The third-order valence-corrected chi connectivity index (χ3v) is 3.60. The van der Waals surface area contributed by atoms with Crippen molar-refractivity contribution in [1.82, 2.24) is 15.8 Å². The maximum atomic E-state index is 11.9. The summed E-state index contributed by atoms with van der Waals surface area (Å²) in [5.41, 5.74) is -0.00562. The molecule has 0 bridgehead atoms. The molecule has 0 unspecified atom stereocenters. The number of hydrogen-bond acceptors (Lipinski definition) is 4. The molecule has 7 nitrogen and oxygen atoms in total. The predicted molar refractivity (Wildman–Crippen MR) is 69.9 cm³/mol. The molecule has 20 heavy (non-hydrogen) atoms. The predicted octanol–water partition coefficient (Wildman–Crippen LogP) is 1.65. The summed E-state index contributed by atoms with van der Waals surface area (Å²) in [6.07, 6.45) is 5.77. The van der Waals surface area contributed by atoms with E-state index in [4.69, 9.17) is 5.11 Å². The molecule has 2 amide bonds. The van der Waals surface area contributed by atoms with Gasteiger partial charge in [0.15, 0.2) is 0 Å². The average Bonchev–Trinajstić information content (AvgIpc) is 2.89. The second-order valence-electron chi connectivity index (χ2n) is 5.21. The van der Waals surface area contributed by atoms with Gasteiger partial charge < -0.3 is 20.3 Å². The molecule has 0 aromatic carbocycles. The summed E-state index contributed by atoms with van der Waals surface area (Å²) >= 11 is 0. The van der Waals surface area contributed by atoms with Crippen molar-refractivity contribution in [2.45, 2.75) is 50.6 Å². The van der Waals surface area contributed by atoms with Crippen LogP contribution in [-0.4, -0.2) is 27.8 Å². The van der Waals surface area contributed by atoms with E-state index in [2.05, 4.69) is 20.3 Å². The summed E-state index contributed by atoms with van der Waals surface area (Å²) in [7, 11) is 0. The Morgan fingerprint density at radius 2 is 2.10 bits per heavy atom. The smallest absolute Gasteiger partial charge is 0.315 e. The van der Waals surface area contributed by atoms with Crippen molar-refractivity contribution >= 4 is 12.0 Å². The molecule has 0 spiro atoms. The number of aromatic nitrogens is 1. The van der Waals surface area contributed by atoms with E-state index in [1.807, 2.05) is 0 Å². The second-order valence-corrected chi connectivity index (χ2v) is 5.21. The first-order valence-electron chi connectivity index (χ1n) is 6.77. The quantitative estimate of drug-likeness (QED) is 0.761. The fourth-order valence-electron chi connectivity index (χ4n) is 2.65. The highest BCUT2D eigenvalue weighted by molar-refractivity contribution is 5.76. The second kappa shape index (κ2) is 6.40. The lowest BCUT2D eigenvalue weighted by molar-refractivity contribution is -0.139. The highest BCUT2D eigenvalue weighted by Gasteiger charge is 2.35. The SMILES string of the molecule is O=C(O)CC1(NC(=O)NCc2ccon2)CCCCC1. The minimum absolute atomic E-state index is 0.0373. The van der Waals surface area contributed by atoms with Crippen molar-refractivity contribution in [3.05, 3.63) is 18.0 Å². The van der Waals surface area contributed by atoms with Gasteiger partial charge in [0.05, 0.1) is 18.5 Å². The number of nitrogens with zero attached hydrogens (tertiary/aromatic N) is 1. The summed E-state index contributed by atoms with van der Waals surface area (Å²) in [4.78, 5) is 22.9. The van der Waals surface area contributed by atoms with Gasteiger partial charge in [0.25, 0.3) is 0 Å². The van der Waals surface area contributed by atoms with E-state index in [0.29, 0.717) is 18.5 Å². The zero-order valence-electron chi connectivity index (χ0n) is 11.2. The minimum Gasteiger partial charge on any atom is -0.481 e. The molecule has 1 aliphatic rings. The van der Waals surface area contributed by atoms with Crippen LogP contribution in [0.4, 0.5) is 4.79 Å². The van der Waals surface area contributed by atoms with Crippen LogP contribution in [0.1, 0.15) is 44.2 Å². The number of nitrogens with one attached hydrogen (secondary N) is 2. The zero-order chi connectivity index (χ0) is 14.4. The van der Waals surface area contributed by atoms with Crippen LogP contribution in [0.25, 0.3) is 0 Å². The molecule has 1 aromatic rings. The van der Waals surface area contributed by atoms with Crippen LogP contribution in [0.3, 0.4) is 0 Å². The van der Waals surface area contributed by atoms with Gasteiger partial charge in [-0.25, -0.2) is 4.79 Å². The van der Waals surface area contributed by atoms with Gasteiger partial charge >= 0.3 is 12.0 Å². The van der Waals surface area contributed by atoms with E-state index < -0.39 is 11.5 Å². The summed E-state index contributed by atoms with van der Waals surface area (Å²) in [6, 6.07) is 1.30. The molecule has 1 aromatic heterocycles. The molecule has 1 aliphatic carbocycles. The molecule has 110 valence electrons. The molecular weight excluding hydrogens is 262 g/mol. The highest BCUT2D eigenvalue weighted by Crippen LogP contribution is 2.31. The van der Waals surface area contributed by atoms with Gasteiger partial charge in [-0.05, 0) is 12.8 Å². The monoisotopic (exact) mass is 281 g/mol. The maximum Gasteiger partial charge on any atom is 0.315 e. The van der Waals surface area contributed by atoms with Crippen molar-refractivity contribution in [2.75, 3.05) is 0 Å². The Hall–Kier alpha value is -2.05. The van der Waals surface area contributed by atoms with Crippen molar-refractivity contribution in [3.63, 3.8) is 0 Å². The average molecular weight is 281 g/mol. The molecular formula is C13H19N3O4. The number of rotatable bonds is 5. The van der Waals surface area contributed by atoms with E-state index in [0.717, 1.165) is 19.3 Å². The number of carboxylic acids is 1. The van der Waals surface area contributed by atoms with Crippen LogP contribution < -0.4 is 10.6 Å². The fraction of sp³-hybridized carbons (Fsp3) is 0.615. The normalized spacial score (nSPS) is 17.4. The number of urea groups is 1. The first kappa shape index (κ1) is 14.4. The third-order valence-electron chi connectivity index (χ3n) is 3.60. The van der Waals surface area contributed by atoms with Gasteiger partial charge in [-0.15, -0.1) is 0 Å². The van der Waals surface area contributed by atoms with Crippen molar-refractivity contribution in [3.8, 4) is 0 Å². The lowest BCUT2D eigenvalue weighted by Crippen LogP contribution is -2.54. The summed E-state index contributed by atoms with van der Waals surface area (Å²) in [5.74, 6) is -0.885. The topological polar surface area (TPSA) is 104 Å². The van der Waals surface area contributed by atoms with Crippen LogP contribution >= 0.6 is 0 Å². The molecule has 1 heterocycles. The van der Waals surface area contributed by atoms with E-state index in [1.54, 1.807) is 6.07 Å². The molecule has 1 saturated carbocycles. The van der Waals surface area contributed by atoms with E-state index in [9.17, 15) is 9.59 Å². The number of amides is 2. The molecule has 0 aliphatic heterocycles. The number of carbonyl (C=O) groups excluding carboxylic acids is 1. The fourth-order valence-corrected chi connectivity index (χ4v) is 2.65. The van der Waals surface area contributed by atoms with E-state index in [-0.39, 0.29) is 19.0 Å². The molecule has 0 saturated heterocycles. The molecule has 0 atom stereocenters.